The minimum Gasteiger partial charge on any atom is -0.445 e. The van der Waals surface area contributed by atoms with Gasteiger partial charge in [-0.15, -0.1) is 0 Å². The van der Waals surface area contributed by atoms with Crippen molar-refractivity contribution in [2.45, 2.75) is 39.3 Å². The van der Waals surface area contributed by atoms with Crippen molar-refractivity contribution in [1.29, 1.82) is 0 Å². The molecule has 0 aliphatic carbocycles. The minimum atomic E-state index is -0.673. The second-order valence-electron chi connectivity index (χ2n) is 8.38. The summed E-state index contributed by atoms with van der Waals surface area (Å²) in [5, 5.41) is 5.65. The van der Waals surface area contributed by atoms with Crippen LogP contribution in [0, 0.1) is 11.8 Å². The highest BCUT2D eigenvalue weighted by Crippen LogP contribution is 2.21. The van der Waals surface area contributed by atoms with Gasteiger partial charge in [0, 0.05) is 24.7 Å². The number of ether oxygens (including phenoxy) is 1. The van der Waals surface area contributed by atoms with Crippen LogP contribution in [0.25, 0.3) is 0 Å². The Labute approximate surface area is 189 Å². The summed E-state index contributed by atoms with van der Waals surface area (Å²) in [4.78, 5) is 39.6. The second kappa shape index (κ2) is 11.3. The van der Waals surface area contributed by atoms with Gasteiger partial charge in [-0.05, 0) is 36.5 Å². The molecule has 0 bridgehead atoms. The number of amides is 3. The SMILES string of the molecule is CC(C)[C@H](NC(=O)OCc1ccccc1)C(=O)N1CCC(C(=O)Nc2ccccc2)CC1. The van der Waals surface area contributed by atoms with Crippen LogP contribution < -0.4 is 10.6 Å². The number of alkyl carbamates (subject to hydrolysis) is 1. The zero-order valence-corrected chi connectivity index (χ0v) is 18.6. The van der Waals surface area contributed by atoms with E-state index >= 15 is 0 Å². The summed E-state index contributed by atoms with van der Waals surface area (Å²) < 4.78 is 5.28. The molecule has 1 heterocycles. The lowest BCUT2D eigenvalue weighted by atomic mass is 9.94. The van der Waals surface area contributed by atoms with Crippen molar-refractivity contribution < 1.29 is 19.1 Å². The molecule has 0 aromatic heterocycles. The first kappa shape index (κ1) is 23.3. The number of nitrogens with zero attached hydrogens (tertiary/aromatic N) is 1. The average molecular weight is 438 g/mol. The van der Waals surface area contributed by atoms with Crippen molar-refractivity contribution in [2.24, 2.45) is 11.8 Å². The van der Waals surface area contributed by atoms with Crippen LogP contribution in [-0.2, 0) is 20.9 Å². The maximum absolute atomic E-state index is 13.1. The van der Waals surface area contributed by atoms with E-state index in [2.05, 4.69) is 10.6 Å². The van der Waals surface area contributed by atoms with Crippen molar-refractivity contribution in [3.8, 4) is 0 Å². The van der Waals surface area contributed by atoms with Gasteiger partial charge in [-0.3, -0.25) is 9.59 Å². The Kier molecular flexibility index (Phi) is 8.25. The van der Waals surface area contributed by atoms with Crippen LogP contribution in [0.2, 0.25) is 0 Å². The van der Waals surface area contributed by atoms with Crippen LogP contribution in [0.4, 0.5) is 10.5 Å². The predicted molar refractivity (Wildman–Crippen MR) is 123 cm³/mol. The van der Waals surface area contributed by atoms with E-state index in [-0.39, 0.29) is 30.3 Å². The molecule has 1 atom stereocenters. The summed E-state index contributed by atoms with van der Waals surface area (Å²) >= 11 is 0. The molecule has 2 aromatic rings. The van der Waals surface area contributed by atoms with Crippen LogP contribution in [-0.4, -0.2) is 41.9 Å². The molecule has 2 aromatic carbocycles. The molecule has 2 N–H and O–H groups in total. The molecule has 3 amide bonds. The molecule has 1 aliphatic heterocycles. The minimum absolute atomic E-state index is 0.0219. The van der Waals surface area contributed by atoms with Gasteiger partial charge in [0.25, 0.3) is 0 Å². The number of para-hydroxylation sites is 1. The summed E-state index contributed by atoms with van der Waals surface area (Å²) in [6.45, 7) is 4.89. The highest BCUT2D eigenvalue weighted by Gasteiger charge is 2.33. The summed E-state index contributed by atoms with van der Waals surface area (Å²) in [6, 6.07) is 18.1. The van der Waals surface area contributed by atoms with Crippen molar-refractivity contribution >= 4 is 23.6 Å². The number of carbonyl (C=O) groups excluding carboxylic acids is 3. The molecule has 1 aliphatic rings. The molecule has 1 saturated heterocycles. The van der Waals surface area contributed by atoms with Crippen LogP contribution in [0.1, 0.15) is 32.3 Å². The number of hydrogen-bond donors (Lipinski definition) is 2. The van der Waals surface area contributed by atoms with Crippen LogP contribution in [0.5, 0.6) is 0 Å². The lowest BCUT2D eigenvalue weighted by Gasteiger charge is -2.34. The third kappa shape index (κ3) is 6.57. The van der Waals surface area contributed by atoms with Crippen LogP contribution >= 0.6 is 0 Å². The molecule has 0 unspecified atom stereocenters. The molecule has 3 rings (SSSR count). The smallest absolute Gasteiger partial charge is 0.408 e. The molecular formula is C25H31N3O4. The number of likely N-dealkylation sites (tertiary alicyclic amines) is 1. The van der Waals surface area contributed by atoms with Gasteiger partial charge < -0.3 is 20.3 Å². The highest BCUT2D eigenvalue weighted by molar-refractivity contribution is 5.93. The molecule has 32 heavy (non-hydrogen) atoms. The number of piperidine rings is 1. The summed E-state index contributed by atoms with van der Waals surface area (Å²) in [5.74, 6) is -0.392. The quantitative estimate of drug-likeness (QED) is 0.689. The van der Waals surface area contributed by atoms with Gasteiger partial charge in [0.15, 0.2) is 0 Å². The van der Waals surface area contributed by atoms with E-state index in [0.717, 1.165) is 11.3 Å². The average Bonchev–Trinajstić information content (AvgIpc) is 2.82. The van der Waals surface area contributed by atoms with E-state index in [9.17, 15) is 14.4 Å². The van der Waals surface area contributed by atoms with Crippen molar-refractivity contribution in [1.82, 2.24) is 10.2 Å². The monoisotopic (exact) mass is 437 g/mol. The molecule has 0 spiro atoms. The van der Waals surface area contributed by atoms with Crippen molar-refractivity contribution in [2.75, 3.05) is 18.4 Å². The van der Waals surface area contributed by atoms with Gasteiger partial charge in [-0.1, -0.05) is 62.4 Å². The number of carbonyl (C=O) groups is 3. The first-order valence-electron chi connectivity index (χ1n) is 11.1. The molecule has 1 fully saturated rings. The van der Waals surface area contributed by atoms with Crippen molar-refractivity contribution in [3.05, 3.63) is 66.2 Å². The third-order valence-electron chi connectivity index (χ3n) is 5.64. The topological polar surface area (TPSA) is 87.7 Å². The first-order chi connectivity index (χ1) is 15.4. The molecule has 170 valence electrons. The van der Waals surface area contributed by atoms with E-state index < -0.39 is 12.1 Å². The van der Waals surface area contributed by atoms with Crippen LogP contribution in [0.3, 0.4) is 0 Å². The lowest BCUT2D eigenvalue weighted by molar-refractivity contribution is -0.137. The fraction of sp³-hybridized carbons (Fsp3) is 0.400. The van der Waals surface area contributed by atoms with E-state index in [4.69, 9.17) is 4.74 Å². The van der Waals surface area contributed by atoms with Gasteiger partial charge >= 0.3 is 6.09 Å². The van der Waals surface area contributed by atoms with Crippen molar-refractivity contribution in [3.63, 3.8) is 0 Å². The number of rotatable bonds is 7. The van der Waals surface area contributed by atoms with E-state index in [1.54, 1.807) is 4.90 Å². The largest absolute Gasteiger partial charge is 0.445 e. The maximum Gasteiger partial charge on any atom is 0.408 e. The predicted octanol–water partition coefficient (Wildman–Crippen LogP) is 3.81. The molecular weight excluding hydrogens is 406 g/mol. The third-order valence-corrected chi connectivity index (χ3v) is 5.64. The summed E-state index contributed by atoms with van der Waals surface area (Å²) in [7, 11) is 0. The Balaban J connectivity index is 1.48. The van der Waals surface area contributed by atoms with Gasteiger partial charge in [0.1, 0.15) is 12.6 Å². The Morgan fingerprint density at radius 3 is 2.16 bits per heavy atom. The Morgan fingerprint density at radius 1 is 0.969 bits per heavy atom. The Morgan fingerprint density at radius 2 is 1.56 bits per heavy atom. The Hall–Kier alpha value is -3.35. The standard InChI is InChI=1S/C25H31N3O4/c1-18(2)22(27-25(31)32-17-19-9-5-3-6-10-19)24(30)28-15-13-20(14-16-28)23(29)26-21-11-7-4-8-12-21/h3-12,18,20,22H,13-17H2,1-2H3,(H,26,29)(H,27,31)/t22-/m0/s1. The van der Waals surface area contributed by atoms with Gasteiger partial charge in [0.2, 0.25) is 11.8 Å². The zero-order valence-electron chi connectivity index (χ0n) is 18.6. The molecule has 0 saturated carbocycles. The highest BCUT2D eigenvalue weighted by atomic mass is 16.5. The molecule has 0 radical (unpaired) electrons. The van der Waals surface area contributed by atoms with Crippen LogP contribution in [0.15, 0.2) is 60.7 Å². The van der Waals surface area contributed by atoms with E-state index in [1.165, 1.54) is 0 Å². The van der Waals surface area contributed by atoms with E-state index in [1.807, 2.05) is 74.5 Å². The van der Waals surface area contributed by atoms with E-state index in [0.29, 0.717) is 25.9 Å². The number of anilines is 1. The second-order valence-corrected chi connectivity index (χ2v) is 8.38. The normalized spacial score (nSPS) is 15.2. The fourth-order valence-corrected chi connectivity index (χ4v) is 3.73. The lowest BCUT2D eigenvalue weighted by Crippen LogP contribution is -2.53. The molecule has 7 heteroatoms. The fourth-order valence-electron chi connectivity index (χ4n) is 3.73. The Bertz CT molecular complexity index is 894. The van der Waals surface area contributed by atoms with Gasteiger partial charge in [-0.25, -0.2) is 4.79 Å². The summed E-state index contributed by atoms with van der Waals surface area (Å²) in [6.07, 6.45) is 0.569. The maximum atomic E-state index is 13.1. The first-order valence-corrected chi connectivity index (χ1v) is 11.1. The number of hydrogen-bond acceptors (Lipinski definition) is 4. The van der Waals surface area contributed by atoms with Gasteiger partial charge in [-0.2, -0.15) is 0 Å². The van der Waals surface area contributed by atoms with Gasteiger partial charge in [0.05, 0.1) is 0 Å². The molecule has 7 nitrogen and oxygen atoms in total. The number of benzene rings is 2. The number of nitrogens with one attached hydrogen (secondary N) is 2. The summed E-state index contributed by atoms with van der Waals surface area (Å²) in [5.41, 5.74) is 1.65. The zero-order chi connectivity index (χ0) is 22.9.